The Morgan fingerprint density at radius 3 is 2.44 bits per heavy atom. The van der Waals surface area contributed by atoms with Gasteiger partial charge in [0.1, 0.15) is 24.2 Å². The minimum absolute atomic E-state index is 0.0753. The fourth-order valence-corrected chi connectivity index (χ4v) is 5.43. The van der Waals surface area contributed by atoms with Crippen molar-refractivity contribution < 1.29 is 23.7 Å². The van der Waals surface area contributed by atoms with Gasteiger partial charge in [-0.2, -0.15) is 5.10 Å². The number of aromatic nitrogens is 4. The van der Waals surface area contributed by atoms with Crippen molar-refractivity contribution in [2.24, 2.45) is 5.92 Å². The third kappa shape index (κ3) is 9.22. The van der Waals surface area contributed by atoms with E-state index in [1.54, 1.807) is 25.7 Å². The summed E-state index contributed by atoms with van der Waals surface area (Å²) in [5.74, 6) is 0.454. The molecule has 45 heavy (non-hydrogen) atoms. The first-order valence-electron chi connectivity index (χ1n) is 15.5. The van der Waals surface area contributed by atoms with Crippen LogP contribution in [0.3, 0.4) is 0 Å². The molecule has 3 aromatic rings. The van der Waals surface area contributed by atoms with Gasteiger partial charge in [-0.05, 0) is 45.1 Å². The molecule has 13 nitrogen and oxygen atoms in total. The summed E-state index contributed by atoms with van der Waals surface area (Å²) in [6.07, 6.45) is 1.48. The van der Waals surface area contributed by atoms with Gasteiger partial charge in [0.05, 0.1) is 18.2 Å². The van der Waals surface area contributed by atoms with Crippen LogP contribution in [0.4, 0.5) is 0 Å². The van der Waals surface area contributed by atoms with Crippen LogP contribution in [0.25, 0.3) is 0 Å². The minimum atomic E-state index is -0.849. The average Bonchev–Trinajstić information content (AvgIpc) is 3.51. The summed E-state index contributed by atoms with van der Waals surface area (Å²) < 4.78 is 6.75. The Bertz CT molecular complexity index is 1460. The molecule has 3 heterocycles. The van der Waals surface area contributed by atoms with E-state index < -0.39 is 12.1 Å². The maximum absolute atomic E-state index is 13.8. The van der Waals surface area contributed by atoms with Gasteiger partial charge >= 0.3 is 0 Å². The number of carbonyl (C=O) groups is 4. The monoisotopic (exact) mass is 620 g/mol. The predicted octanol–water partition coefficient (Wildman–Crippen LogP) is 2.10. The number of nitrogens with zero attached hydrogens (tertiary/aromatic N) is 5. The van der Waals surface area contributed by atoms with Crippen molar-refractivity contribution in [1.82, 2.24) is 40.8 Å². The molecule has 0 saturated carbocycles. The zero-order valence-corrected chi connectivity index (χ0v) is 26.8. The molecule has 0 fully saturated rings. The standard InChI is InChI=1S/C32H44N8O5/c1-20(2)30-31-34-23(5)37-40(31)19-28(42)33-14-10-16-39(29(43)18-25-21(3)38-45-22(25)4)15-9-13-27(41)35-26(32(44)36-30)17-24-11-7-6-8-12-24/h6-8,11-12,20,26,30H,9-10,13-19H2,1-5H3,(H,33,42)(H,35,41)(H,36,44)/t26-,30+/m1/s1. The molecule has 0 aliphatic carbocycles. The number of nitrogens with one attached hydrogen (secondary N) is 3. The second-order valence-corrected chi connectivity index (χ2v) is 11.9. The molecule has 3 N–H and O–H groups in total. The molecular weight excluding hydrogens is 576 g/mol. The summed E-state index contributed by atoms with van der Waals surface area (Å²) in [5, 5.41) is 17.3. The number of carbonyl (C=O) groups excluding carboxylic acids is 4. The Balaban J connectivity index is 1.58. The lowest BCUT2D eigenvalue weighted by molar-refractivity contribution is -0.131. The van der Waals surface area contributed by atoms with E-state index in [0.29, 0.717) is 62.0 Å². The number of hydrogen-bond acceptors (Lipinski definition) is 8. The molecule has 2 atom stereocenters. The van der Waals surface area contributed by atoms with E-state index in [9.17, 15) is 19.2 Å². The first-order chi connectivity index (χ1) is 21.5. The van der Waals surface area contributed by atoms with E-state index in [-0.39, 0.29) is 48.9 Å². The molecule has 0 unspecified atom stereocenters. The number of fused-ring (bicyclic) bond motifs is 1. The zero-order valence-electron chi connectivity index (χ0n) is 26.8. The van der Waals surface area contributed by atoms with E-state index in [0.717, 1.165) is 11.1 Å². The first-order valence-corrected chi connectivity index (χ1v) is 15.5. The summed E-state index contributed by atoms with van der Waals surface area (Å²) in [5.41, 5.74) is 2.31. The molecule has 4 amide bonds. The largest absolute Gasteiger partial charge is 0.361 e. The lowest BCUT2D eigenvalue weighted by Crippen LogP contribution is -2.50. The van der Waals surface area contributed by atoms with Gasteiger partial charge in [-0.3, -0.25) is 19.2 Å². The second-order valence-electron chi connectivity index (χ2n) is 11.9. The zero-order chi connectivity index (χ0) is 32.5. The lowest BCUT2D eigenvalue weighted by Gasteiger charge is -2.26. The molecule has 242 valence electrons. The van der Waals surface area contributed by atoms with Crippen molar-refractivity contribution in [3.63, 3.8) is 0 Å². The predicted molar refractivity (Wildman–Crippen MR) is 166 cm³/mol. The molecule has 0 spiro atoms. The van der Waals surface area contributed by atoms with Crippen molar-refractivity contribution in [2.75, 3.05) is 19.6 Å². The maximum atomic E-state index is 13.8. The number of benzene rings is 1. The molecule has 1 aliphatic heterocycles. The van der Waals surface area contributed by atoms with Crippen molar-refractivity contribution in [2.45, 2.75) is 85.4 Å². The van der Waals surface area contributed by atoms with Crippen molar-refractivity contribution in [3.05, 3.63) is 64.6 Å². The summed E-state index contributed by atoms with van der Waals surface area (Å²) in [6, 6.07) is 8.09. The molecular formula is C32H44N8O5. The topological polar surface area (TPSA) is 164 Å². The van der Waals surface area contributed by atoms with E-state index in [4.69, 9.17) is 4.52 Å². The third-order valence-electron chi connectivity index (χ3n) is 7.90. The first kappa shape index (κ1) is 33.3. The summed E-state index contributed by atoms with van der Waals surface area (Å²) in [6.45, 7) is 10.2. The van der Waals surface area contributed by atoms with E-state index >= 15 is 0 Å². The van der Waals surface area contributed by atoms with Gasteiger partial charge in [0.15, 0.2) is 5.82 Å². The number of amides is 4. The van der Waals surface area contributed by atoms with Crippen LogP contribution in [0.15, 0.2) is 34.9 Å². The van der Waals surface area contributed by atoms with E-state index in [1.807, 2.05) is 44.2 Å². The summed E-state index contributed by atoms with van der Waals surface area (Å²) in [7, 11) is 0. The molecule has 0 saturated heterocycles. The van der Waals surface area contributed by atoms with Crippen LogP contribution in [-0.4, -0.2) is 74.1 Å². The Hall–Kier alpha value is -4.55. The van der Waals surface area contributed by atoms with Crippen LogP contribution in [0.2, 0.25) is 0 Å². The quantitative estimate of drug-likeness (QED) is 0.390. The van der Waals surface area contributed by atoms with Crippen LogP contribution in [-0.2, 0) is 38.6 Å². The van der Waals surface area contributed by atoms with Gasteiger partial charge < -0.3 is 25.4 Å². The Labute approximate surface area is 263 Å². The van der Waals surface area contributed by atoms with Crippen LogP contribution in [0.1, 0.15) is 73.4 Å². The molecule has 0 radical (unpaired) electrons. The lowest BCUT2D eigenvalue weighted by atomic mass is 10.0. The molecule has 2 aromatic heterocycles. The van der Waals surface area contributed by atoms with Crippen molar-refractivity contribution >= 4 is 23.6 Å². The normalized spacial score (nSPS) is 19.2. The van der Waals surface area contributed by atoms with Gasteiger partial charge in [-0.25, -0.2) is 9.67 Å². The smallest absolute Gasteiger partial charge is 0.243 e. The summed E-state index contributed by atoms with van der Waals surface area (Å²) >= 11 is 0. The highest BCUT2D eigenvalue weighted by molar-refractivity contribution is 5.88. The maximum Gasteiger partial charge on any atom is 0.243 e. The van der Waals surface area contributed by atoms with Crippen LogP contribution < -0.4 is 16.0 Å². The van der Waals surface area contributed by atoms with Gasteiger partial charge in [0.2, 0.25) is 23.6 Å². The molecule has 1 aromatic carbocycles. The van der Waals surface area contributed by atoms with Gasteiger partial charge in [0.25, 0.3) is 0 Å². The van der Waals surface area contributed by atoms with E-state index in [1.165, 1.54) is 4.68 Å². The Morgan fingerprint density at radius 1 is 1.02 bits per heavy atom. The van der Waals surface area contributed by atoms with Crippen molar-refractivity contribution in [1.29, 1.82) is 0 Å². The fraction of sp³-hybridized carbons (Fsp3) is 0.531. The molecule has 13 heteroatoms. The highest BCUT2D eigenvalue weighted by Crippen LogP contribution is 2.21. The van der Waals surface area contributed by atoms with Gasteiger partial charge in [0, 0.05) is 38.0 Å². The van der Waals surface area contributed by atoms with E-state index in [2.05, 4.69) is 31.2 Å². The SMILES string of the molecule is Cc1nc2n(n1)CC(=O)NCCCN(C(=O)Cc1c(C)noc1C)CCCC(=O)N[C@H](Cc1ccccc1)C(=O)N[C@H]2C(C)C. The highest BCUT2D eigenvalue weighted by atomic mass is 16.5. The fourth-order valence-electron chi connectivity index (χ4n) is 5.43. The Kier molecular flexibility index (Phi) is 11.4. The number of hydrogen-bond donors (Lipinski definition) is 3. The van der Waals surface area contributed by atoms with Crippen LogP contribution in [0.5, 0.6) is 0 Å². The average molecular weight is 621 g/mol. The van der Waals surface area contributed by atoms with Gasteiger partial charge in [-0.1, -0.05) is 49.3 Å². The Morgan fingerprint density at radius 2 is 1.76 bits per heavy atom. The highest BCUT2D eigenvalue weighted by Gasteiger charge is 2.30. The van der Waals surface area contributed by atoms with Crippen LogP contribution >= 0.6 is 0 Å². The second kappa shape index (κ2) is 15.4. The molecule has 0 bridgehead atoms. The van der Waals surface area contributed by atoms with Crippen LogP contribution in [0, 0.1) is 26.7 Å². The van der Waals surface area contributed by atoms with Crippen molar-refractivity contribution in [3.8, 4) is 0 Å². The number of aryl methyl sites for hydroxylation is 3. The molecule has 4 rings (SSSR count). The third-order valence-corrected chi connectivity index (χ3v) is 7.90. The minimum Gasteiger partial charge on any atom is -0.361 e. The van der Waals surface area contributed by atoms with Gasteiger partial charge in [-0.15, -0.1) is 0 Å². The summed E-state index contributed by atoms with van der Waals surface area (Å²) in [4.78, 5) is 59.6. The number of rotatable bonds is 5. The molecule has 1 aliphatic rings.